The molecule has 1 aliphatic rings. The average molecular weight is 379 g/mol. The quantitative estimate of drug-likeness (QED) is 0.729. The van der Waals surface area contributed by atoms with Crippen molar-refractivity contribution in [1.82, 2.24) is 19.3 Å². The predicted octanol–water partition coefficient (Wildman–Crippen LogP) is 1.96. The first kappa shape index (κ1) is 18.0. The number of anilines is 2. The lowest BCUT2D eigenvalue weighted by molar-refractivity contribution is 0.327. The van der Waals surface area contributed by atoms with Crippen LogP contribution in [0.5, 0.6) is 5.88 Å². The Labute approximate surface area is 161 Å². The lowest BCUT2D eigenvalue weighted by Crippen LogP contribution is -2.27. The molecule has 1 N–H and O–H groups in total. The zero-order chi connectivity index (χ0) is 19.7. The van der Waals surface area contributed by atoms with Crippen molar-refractivity contribution < 1.29 is 4.74 Å². The molecule has 0 fully saturated rings. The van der Waals surface area contributed by atoms with E-state index in [1.807, 2.05) is 6.92 Å². The van der Waals surface area contributed by atoms with Crippen molar-refractivity contribution >= 4 is 11.5 Å². The molecule has 28 heavy (non-hydrogen) atoms. The maximum absolute atomic E-state index is 12.9. The van der Waals surface area contributed by atoms with Crippen LogP contribution in [0.3, 0.4) is 0 Å². The Morgan fingerprint density at radius 1 is 1.14 bits per heavy atom. The van der Waals surface area contributed by atoms with Crippen LogP contribution in [-0.2, 0) is 19.9 Å². The van der Waals surface area contributed by atoms with E-state index in [0.29, 0.717) is 36.1 Å². The fraction of sp³-hybridized carbons (Fsp3) is 0.300. The Hall–Kier alpha value is -3.42. The van der Waals surface area contributed by atoms with Crippen molar-refractivity contribution in [3.05, 3.63) is 68.5 Å². The van der Waals surface area contributed by atoms with E-state index in [4.69, 9.17) is 4.74 Å². The molecule has 4 rings (SSSR count). The molecule has 0 amide bonds. The summed E-state index contributed by atoms with van der Waals surface area (Å²) in [5.74, 6) is 1.02. The van der Waals surface area contributed by atoms with Crippen LogP contribution in [0.1, 0.15) is 24.5 Å². The Balaban J connectivity index is 1.80. The van der Waals surface area contributed by atoms with Crippen molar-refractivity contribution in [2.45, 2.75) is 26.2 Å². The minimum absolute atomic E-state index is 0.148. The number of pyridine rings is 2. The summed E-state index contributed by atoms with van der Waals surface area (Å²) in [5, 5.41) is 7.65. The number of hydrogen-bond donors (Lipinski definition) is 1. The van der Waals surface area contributed by atoms with Crippen LogP contribution in [-0.4, -0.2) is 25.9 Å². The molecule has 0 unspecified atom stereocenters. The van der Waals surface area contributed by atoms with Gasteiger partial charge in [0.15, 0.2) is 5.82 Å². The van der Waals surface area contributed by atoms with Gasteiger partial charge in [-0.1, -0.05) is 0 Å². The second-order valence-electron chi connectivity index (χ2n) is 6.63. The number of fused-ring (bicyclic) bond motifs is 1. The molecule has 0 atom stereocenters. The molecule has 3 heterocycles. The maximum Gasteiger partial charge on any atom is 0.275 e. The first-order chi connectivity index (χ1) is 13.6. The van der Waals surface area contributed by atoms with Gasteiger partial charge in [0.05, 0.1) is 18.5 Å². The monoisotopic (exact) mass is 379 g/mol. The van der Waals surface area contributed by atoms with E-state index in [-0.39, 0.29) is 11.1 Å². The Bertz CT molecular complexity index is 1130. The minimum Gasteiger partial charge on any atom is -0.478 e. The lowest BCUT2D eigenvalue weighted by atomic mass is 10.2. The SMILES string of the molecule is CCOc1ccc(-n2nc(Nc3cccn(C)c3=O)c3c(c2=O)CCC3)cn1. The van der Waals surface area contributed by atoms with Crippen LogP contribution < -0.4 is 21.2 Å². The van der Waals surface area contributed by atoms with E-state index in [0.717, 1.165) is 24.0 Å². The van der Waals surface area contributed by atoms with Crippen molar-refractivity contribution in [2.24, 2.45) is 7.05 Å². The topological polar surface area (TPSA) is 91.0 Å². The molecule has 0 radical (unpaired) electrons. The number of rotatable bonds is 5. The Morgan fingerprint density at radius 3 is 2.71 bits per heavy atom. The number of ether oxygens (including phenoxy) is 1. The van der Waals surface area contributed by atoms with Crippen LogP contribution in [0.4, 0.5) is 11.5 Å². The molecule has 8 heteroatoms. The van der Waals surface area contributed by atoms with Crippen LogP contribution in [0.15, 0.2) is 46.2 Å². The highest BCUT2D eigenvalue weighted by atomic mass is 16.5. The number of nitrogens with one attached hydrogen (secondary N) is 1. The molecule has 1 aliphatic carbocycles. The minimum atomic E-state index is -0.156. The molecular weight excluding hydrogens is 358 g/mol. The van der Waals surface area contributed by atoms with Gasteiger partial charge < -0.3 is 14.6 Å². The van der Waals surface area contributed by atoms with Crippen molar-refractivity contribution in [1.29, 1.82) is 0 Å². The lowest BCUT2D eigenvalue weighted by Gasteiger charge is -2.14. The van der Waals surface area contributed by atoms with Crippen LogP contribution in [0.25, 0.3) is 5.69 Å². The summed E-state index contributed by atoms with van der Waals surface area (Å²) in [6, 6.07) is 6.95. The Morgan fingerprint density at radius 2 is 1.96 bits per heavy atom. The summed E-state index contributed by atoms with van der Waals surface area (Å²) >= 11 is 0. The molecule has 144 valence electrons. The number of aryl methyl sites for hydroxylation is 1. The smallest absolute Gasteiger partial charge is 0.275 e. The van der Waals surface area contributed by atoms with Crippen LogP contribution in [0, 0.1) is 0 Å². The molecule has 8 nitrogen and oxygen atoms in total. The molecule has 0 spiro atoms. The number of hydrogen-bond acceptors (Lipinski definition) is 6. The summed E-state index contributed by atoms with van der Waals surface area (Å²) in [6.45, 7) is 2.40. The second-order valence-corrected chi connectivity index (χ2v) is 6.63. The zero-order valence-electron chi connectivity index (χ0n) is 15.8. The van der Waals surface area contributed by atoms with Gasteiger partial charge in [-0.25, -0.2) is 4.98 Å². The molecule has 0 saturated carbocycles. The summed E-state index contributed by atoms with van der Waals surface area (Å²) in [5.41, 5.74) is 2.28. The van der Waals surface area contributed by atoms with Gasteiger partial charge in [0.1, 0.15) is 5.69 Å². The highest BCUT2D eigenvalue weighted by molar-refractivity contribution is 5.60. The Kier molecular flexibility index (Phi) is 4.68. The summed E-state index contributed by atoms with van der Waals surface area (Å²) in [7, 11) is 1.69. The highest BCUT2D eigenvalue weighted by Gasteiger charge is 2.23. The van der Waals surface area contributed by atoms with Gasteiger partial charge >= 0.3 is 0 Å². The van der Waals surface area contributed by atoms with Crippen molar-refractivity contribution in [3.63, 3.8) is 0 Å². The van der Waals surface area contributed by atoms with E-state index >= 15 is 0 Å². The third-order valence-corrected chi connectivity index (χ3v) is 4.79. The zero-order valence-corrected chi connectivity index (χ0v) is 15.8. The van der Waals surface area contributed by atoms with E-state index < -0.39 is 0 Å². The summed E-state index contributed by atoms with van der Waals surface area (Å²) in [6.07, 6.45) is 5.60. The number of nitrogens with zero attached hydrogens (tertiary/aromatic N) is 4. The van der Waals surface area contributed by atoms with Gasteiger partial charge in [-0.05, 0) is 44.4 Å². The molecule has 0 aliphatic heterocycles. The molecule has 3 aromatic rings. The standard InChI is InChI=1S/C20H21N5O3/c1-3-28-17-10-9-13(12-21-17)25-19(26)15-7-4-6-14(15)18(23-25)22-16-8-5-11-24(2)20(16)27/h5,8-12H,3-4,6-7H2,1-2H3,(H,22,23). The van der Waals surface area contributed by atoms with Crippen LogP contribution in [0.2, 0.25) is 0 Å². The fourth-order valence-electron chi connectivity index (χ4n) is 3.40. The molecular formula is C20H21N5O3. The van der Waals surface area contributed by atoms with Crippen molar-refractivity contribution in [3.8, 4) is 11.6 Å². The normalized spacial score (nSPS) is 12.6. The third-order valence-electron chi connectivity index (χ3n) is 4.79. The average Bonchev–Trinajstić information content (AvgIpc) is 3.19. The highest BCUT2D eigenvalue weighted by Crippen LogP contribution is 2.27. The van der Waals surface area contributed by atoms with E-state index in [2.05, 4.69) is 15.4 Å². The van der Waals surface area contributed by atoms with Crippen LogP contribution >= 0.6 is 0 Å². The van der Waals surface area contributed by atoms with E-state index in [1.165, 1.54) is 9.25 Å². The summed E-state index contributed by atoms with van der Waals surface area (Å²) in [4.78, 5) is 29.5. The van der Waals surface area contributed by atoms with Gasteiger partial charge in [-0.15, -0.1) is 5.10 Å². The van der Waals surface area contributed by atoms with Gasteiger partial charge in [-0.3, -0.25) is 9.59 Å². The second kappa shape index (κ2) is 7.30. The fourth-order valence-corrected chi connectivity index (χ4v) is 3.40. The van der Waals surface area contributed by atoms with Gasteiger partial charge in [0.25, 0.3) is 11.1 Å². The largest absolute Gasteiger partial charge is 0.478 e. The van der Waals surface area contributed by atoms with E-state index in [1.54, 1.807) is 43.7 Å². The predicted molar refractivity (Wildman–Crippen MR) is 106 cm³/mol. The molecule has 0 aromatic carbocycles. The molecule has 0 bridgehead atoms. The maximum atomic E-state index is 12.9. The first-order valence-corrected chi connectivity index (χ1v) is 9.25. The molecule has 3 aromatic heterocycles. The van der Waals surface area contributed by atoms with Crippen molar-refractivity contribution in [2.75, 3.05) is 11.9 Å². The first-order valence-electron chi connectivity index (χ1n) is 9.25. The van der Waals surface area contributed by atoms with Gasteiger partial charge in [-0.2, -0.15) is 4.68 Å². The van der Waals surface area contributed by atoms with E-state index in [9.17, 15) is 9.59 Å². The molecule has 0 saturated heterocycles. The van der Waals surface area contributed by atoms with Gasteiger partial charge in [0, 0.05) is 30.4 Å². The number of aromatic nitrogens is 4. The third kappa shape index (κ3) is 3.17. The summed E-state index contributed by atoms with van der Waals surface area (Å²) < 4.78 is 8.19. The van der Waals surface area contributed by atoms with Gasteiger partial charge in [0.2, 0.25) is 5.88 Å².